The second kappa shape index (κ2) is 5.05. The molecule has 0 fully saturated rings. The van der Waals surface area contributed by atoms with E-state index in [0.29, 0.717) is 5.82 Å². The molecule has 2 aromatic rings. The van der Waals surface area contributed by atoms with Crippen LogP contribution in [0.15, 0.2) is 46.3 Å². The van der Waals surface area contributed by atoms with Gasteiger partial charge in [0.2, 0.25) is 0 Å². The Hall–Kier alpha value is -1.75. The predicted molar refractivity (Wildman–Crippen MR) is 71.3 cm³/mol. The van der Waals surface area contributed by atoms with Gasteiger partial charge in [-0.05, 0) is 12.1 Å². The summed E-state index contributed by atoms with van der Waals surface area (Å²) in [4.78, 5) is 4.06. The van der Waals surface area contributed by atoms with Gasteiger partial charge in [0.1, 0.15) is 0 Å². The number of hydrogen-bond donors (Lipinski definition) is 1. The van der Waals surface area contributed by atoms with E-state index in [2.05, 4.69) is 10.2 Å². The Balaban J connectivity index is 2.38. The number of anilines is 2. The third kappa shape index (κ3) is 2.68. The van der Waals surface area contributed by atoms with Crippen LogP contribution < -0.4 is 10.6 Å². The highest BCUT2D eigenvalue weighted by Crippen LogP contribution is 2.37. The van der Waals surface area contributed by atoms with E-state index >= 15 is 0 Å². The second-order valence-electron chi connectivity index (χ2n) is 3.75. The summed E-state index contributed by atoms with van der Waals surface area (Å²) < 4.78 is 0. The Morgan fingerprint density at radius 1 is 1.18 bits per heavy atom. The van der Waals surface area contributed by atoms with Crippen LogP contribution in [0.4, 0.5) is 11.5 Å². The first kappa shape index (κ1) is 11.7. The first-order valence-corrected chi connectivity index (χ1v) is 6.01. The van der Waals surface area contributed by atoms with Crippen molar-refractivity contribution in [2.24, 2.45) is 0 Å². The topological polar surface area (TPSA) is 55.0 Å². The van der Waals surface area contributed by atoms with Crippen molar-refractivity contribution < 1.29 is 0 Å². The first-order chi connectivity index (χ1) is 8.18. The summed E-state index contributed by atoms with van der Waals surface area (Å²) >= 11 is 1.60. The minimum Gasteiger partial charge on any atom is -0.381 e. The second-order valence-corrected chi connectivity index (χ2v) is 4.84. The summed E-state index contributed by atoms with van der Waals surface area (Å²) in [6.45, 7) is 0. The number of aromatic nitrogens is 2. The fourth-order valence-electron chi connectivity index (χ4n) is 1.41. The van der Waals surface area contributed by atoms with Crippen molar-refractivity contribution >= 4 is 23.3 Å². The molecule has 0 aliphatic rings. The molecule has 0 spiro atoms. The predicted octanol–water partition coefficient (Wildman–Crippen LogP) is 2.28. The average Bonchev–Trinajstić information content (AvgIpc) is 2.33. The van der Waals surface area contributed by atoms with E-state index in [-0.39, 0.29) is 0 Å². The van der Waals surface area contributed by atoms with Gasteiger partial charge in [-0.1, -0.05) is 30.0 Å². The van der Waals surface area contributed by atoms with Gasteiger partial charge >= 0.3 is 0 Å². The van der Waals surface area contributed by atoms with Crippen molar-refractivity contribution in [2.75, 3.05) is 24.7 Å². The minimum absolute atomic E-state index is 0.463. The number of nitrogen functional groups attached to an aromatic ring is 1. The van der Waals surface area contributed by atoms with Crippen LogP contribution in [-0.4, -0.2) is 24.3 Å². The molecular weight excluding hydrogens is 232 g/mol. The van der Waals surface area contributed by atoms with Crippen molar-refractivity contribution in [2.45, 2.75) is 9.79 Å². The lowest BCUT2D eigenvalue weighted by atomic mass is 10.4. The van der Waals surface area contributed by atoms with E-state index in [1.807, 2.05) is 49.3 Å². The zero-order chi connectivity index (χ0) is 12.3. The van der Waals surface area contributed by atoms with Crippen LogP contribution in [0.1, 0.15) is 0 Å². The molecule has 1 aromatic heterocycles. The van der Waals surface area contributed by atoms with Crippen molar-refractivity contribution in [3.8, 4) is 0 Å². The molecule has 0 saturated heterocycles. The van der Waals surface area contributed by atoms with Crippen molar-refractivity contribution in [1.82, 2.24) is 10.2 Å². The third-order valence-electron chi connectivity index (χ3n) is 2.26. The Kier molecular flexibility index (Phi) is 3.49. The molecule has 1 heterocycles. The number of hydrogen-bond acceptors (Lipinski definition) is 5. The van der Waals surface area contributed by atoms with Gasteiger partial charge in [-0.25, -0.2) is 0 Å². The highest BCUT2D eigenvalue weighted by Gasteiger charge is 2.11. The Labute approximate surface area is 105 Å². The lowest BCUT2D eigenvalue weighted by Gasteiger charge is -2.16. The number of nitrogens with zero attached hydrogens (tertiary/aromatic N) is 3. The van der Waals surface area contributed by atoms with Gasteiger partial charge < -0.3 is 10.6 Å². The van der Waals surface area contributed by atoms with Crippen LogP contribution in [0.5, 0.6) is 0 Å². The van der Waals surface area contributed by atoms with Gasteiger partial charge in [-0.15, -0.1) is 5.10 Å². The molecule has 0 radical (unpaired) electrons. The molecule has 0 bridgehead atoms. The van der Waals surface area contributed by atoms with Crippen molar-refractivity contribution in [3.05, 3.63) is 36.5 Å². The van der Waals surface area contributed by atoms with Crippen molar-refractivity contribution in [3.63, 3.8) is 0 Å². The fourth-order valence-corrected chi connectivity index (χ4v) is 2.42. The van der Waals surface area contributed by atoms with Gasteiger partial charge in [0.15, 0.2) is 5.82 Å². The van der Waals surface area contributed by atoms with Gasteiger partial charge in [-0.3, -0.25) is 0 Å². The molecule has 0 atom stereocenters. The monoisotopic (exact) mass is 246 g/mol. The Morgan fingerprint density at radius 2 is 1.88 bits per heavy atom. The van der Waals surface area contributed by atoms with Gasteiger partial charge in [-0.2, -0.15) is 5.10 Å². The maximum atomic E-state index is 5.89. The molecular formula is C12H14N4S. The van der Waals surface area contributed by atoms with Gasteiger partial charge in [0.05, 0.1) is 16.8 Å². The molecule has 0 aliphatic heterocycles. The highest BCUT2D eigenvalue weighted by molar-refractivity contribution is 7.99. The van der Waals surface area contributed by atoms with Crippen molar-refractivity contribution in [1.29, 1.82) is 0 Å². The van der Waals surface area contributed by atoms with Crippen LogP contribution in [0.25, 0.3) is 0 Å². The summed E-state index contributed by atoms with van der Waals surface area (Å²) in [6, 6.07) is 10.1. The van der Waals surface area contributed by atoms with Crippen LogP contribution in [-0.2, 0) is 0 Å². The standard InChI is InChI=1S/C12H14N4S/c1-16(2)10-8-14-15-12(13)11(10)17-9-6-4-3-5-7-9/h3-8H,1-2H3,(H2,13,15). The fraction of sp³-hybridized carbons (Fsp3) is 0.167. The molecule has 0 amide bonds. The van der Waals surface area contributed by atoms with Crippen LogP contribution in [0.2, 0.25) is 0 Å². The van der Waals surface area contributed by atoms with E-state index in [1.54, 1.807) is 18.0 Å². The quantitative estimate of drug-likeness (QED) is 0.900. The summed E-state index contributed by atoms with van der Waals surface area (Å²) in [5.41, 5.74) is 6.86. The molecule has 2 rings (SSSR count). The third-order valence-corrected chi connectivity index (χ3v) is 3.39. The highest BCUT2D eigenvalue weighted by atomic mass is 32.2. The summed E-state index contributed by atoms with van der Waals surface area (Å²) in [5.74, 6) is 0.463. The zero-order valence-electron chi connectivity index (χ0n) is 9.79. The molecule has 0 unspecified atom stereocenters. The van der Waals surface area contributed by atoms with E-state index in [4.69, 9.17) is 5.73 Å². The van der Waals surface area contributed by atoms with Crippen LogP contribution in [0, 0.1) is 0 Å². The number of benzene rings is 1. The van der Waals surface area contributed by atoms with E-state index < -0.39 is 0 Å². The summed E-state index contributed by atoms with van der Waals surface area (Å²) in [5, 5.41) is 7.78. The largest absolute Gasteiger partial charge is 0.381 e. The maximum absolute atomic E-state index is 5.89. The Bertz CT molecular complexity index is 499. The van der Waals surface area contributed by atoms with Crippen LogP contribution >= 0.6 is 11.8 Å². The average molecular weight is 246 g/mol. The maximum Gasteiger partial charge on any atom is 0.162 e. The summed E-state index contributed by atoms with van der Waals surface area (Å²) in [6.07, 6.45) is 1.72. The van der Waals surface area contributed by atoms with Gasteiger partial charge in [0, 0.05) is 19.0 Å². The molecule has 4 nitrogen and oxygen atoms in total. The van der Waals surface area contributed by atoms with E-state index in [9.17, 15) is 0 Å². The zero-order valence-corrected chi connectivity index (χ0v) is 10.6. The van der Waals surface area contributed by atoms with E-state index in [0.717, 1.165) is 15.5 Å². The normalized spacial score (nSPS) is 10.2. The van der Waals surface area contributed by atoms with Gasteiger partial charge in [0.25, 0.3) is 0 Å². The smallest absolute Gasteiger partial charge is 0.162 e. The van der Waals surface area contributed by atoms with Crippen LogP contribution in [0.3, 0.4) is 0 Å². The number of rotatable bonds is 3. The molecule has 0 saturated carbocycles. The molecule has 17 heavy (non-hydrogen) atoms. The molecule has 0 aliphatic carbocycles. The number of nitrogens with two attached hydrogens (primary N) is 1. The lowest BCUT2D eigenvalue weighted by Crippen LogP contribution is -2.12. The molecule has 2 N–H and O–H groups in total. The lowest BCUT2D eigenvalue weighted by molar-refractivity contribution is 0.975. The Morgan fingerprint density at radius 3 is 2.53 bits per heavy atom. The molecule has 5 heteroatoms. The first-order valence-electron chi connectivity index (χ1n) is 5.20. The SMILES string of the molecule is CN(C)c1cnnc(N)c1Sc1ccccc1. The minimum atomic E-state index is 0.463. The molecule has 88 valence electrons. The van der Waals surface area contributed by atoms with E-state index in [1.165, 1.54) is 0 Å². The summed E-state index contributed by atoms with van der Waals surface area (Å²) in [7, 11) is 3.93. The molecule has 1 aromatic carbocycles.